The second-order valence-electron chi connectivity index (χ2n) is 7.94. The minimum atomic E-state index is -3.51. The maximum absolute atomic E-state index is 14.9. The third kappa shape index (κ3) is 7.00. The van der Waals surface area contributed by atoms with Gasteiger partial charge in [0.25, 0.3) is 5.92 Å². The lowest BCUT2D eigenvalue weighted by atomic mass is 9.87. The van der Waals surface area contributed by atoms with Gasteiger partial charge in [-0.15, -0.1) is 0 Å². The Kier molecular flexibility index (Phi) is 8.81. The highest BCUT2D eigenvalue weighted by Crippen LogP contribution is 2.34. The Morgan fingerprint density at radius 3 is 2.23 bits per heavy atom. The molecule has 1 N–H and O–H groups in total. The van der Waals surface area contributed by atoms with E-state index in [1.807, 2.05) is 6.07 Å². The Labute approximate surface area is 177 Å². The molecular weight excluding hydrogens is 394 g/mol. The number of nitrogens with zero attached hydrogens (tertiary/aromatic N) is 1. The molecule has 30 heavy (non-hydrogen) atoms. The third-order valence-electron chi connectivity index (χ3n) is 4.55. The topological polar surface area (TPSA) is 67.9 Å². The fraction of sp³-hybridized carbons (Fsp3) is 0.545. The van der Waals surface area contributed by atoms with Crippen LogP contribution in [0.1, 0.15) is 46.6 Å². The zero-order valence-corrected chi connectivity index (χ0v) is 18.3. The van der Waals surface area contributed by atoms with Crippen molar-refractivity contribution in [3.8, 4) is 0 Å². The molecule has 2 amide bonds. The van der Waals surface area contributed by atoms with Gasteiger partial charge in [0.2, 0.25) is 0 Å². The SMILES string of the molecule is C=CC(F)(F)C(CC)(CN(CC)C(=O)OC(C)(C)C)NC(=O)OCc1ccccc1. The Morgan fingerprint density at radius 1 is 1.17 bits per heavy atom. The van der Waals surface area contributed by atoms with E-state index in [2.05, 4.69) is 11.9 Å². The smallest absolute Gasteiger partial charge is 0.410 e. The van der Waals surface area contributed by atoms with Gasteiger partial charge in [-0.3, -0.25) is 0 Å². The summed E-state index contributed by atoms with van der Waals surface area (Å²) in [7, 11) is 0. The number of alkyl carbamates (subject to hydrolysis) is 1. The van der Waals surface area contributed by atoms with Crippen molar-refractivity contribution >= 4 is 12.2 Å². The van der Waals surface area contributed by atoms with E-state index in [9.17, 15) is 18.4 Å². The molecule has 0 saturated heterocycles. The predicted molar refractivity (Wildman–Crippen MR) is 111 cm³/mol. The van der Waals surface area contributed by atoms with Crippen molar-refractivity contribution < 1.29 is 27.8 Å². The number of benzene rings is 1. The molecule has 1 rings (SSSR count). The highest BCUT2D eigenvalue weighted by molar-refractivity contribution is 5.70. The fourth-order valence-corrected chi connectivity index (χ4v) is 2.77. The van der Waals surface area contributed by atoms with E-state index in [-0.39, 0.29) is 19.6 Å². The number of carbonyl (C=O) groups is 2. The van der Waals surface area contributed by atoms with Crippen molar-refractivity contribution in [2.45, 2.75) is 64.7 Å². The Morgan fingerprint density at radius 2 is 1.77 bits per heavy atom. The maximum atomic E-state index is 14.9. The molecule has 0 aliphatic rings. The first-order chi connectivity index (χ1) is 13.9. The number of likely N-dealkylation sites (N-methyl/N-ethyl adjacent to an activating group) is 1. The number of nitrogens with one attached hydrogen (secondary N) is 1. The van der Waals surface area contributed by atoms with Crippen LogP contribution >= 0.6 is 0 Å². The van der Waals surface area contributed by atoms with Crippen molar-refractivity contribution in [1.29, 1.82) is 0 Å². The number of halogens is 2. The molecule has 168 valence electrons. The molecule has 0 saturated carbocycles. The average molecular weight is 427 g/mol. The van der Waals surface area contributed by atoms with Gasteiger partial charge in [-0.1, -0.05) is 43.8 Å². The highest BCUT2D eigenvalue weighted by atomic mass is 19.3. The molecule has 1 aromatic rings. The lowest BCUT2D eigenvalue weighted by Gasteiger charge is -2.41. The largest absolute Gasteiger partial charge is 0.445 e. The van der Waals surface area contributed by atoms with Crippen LogP contribution in [-0.4, -0.2) is 47.2 Å². The number of rotatable bonds is 9. The normalized spacial score (nSPS) is 13.7. The second kappa shape index (κ2) is 10.4. The van der Waals surface area contributed by atoms with Crippen LogP contribution in [0.3, 0.4) is 0 Å². The molecule has 0 bridgehead atoms. The van der Waals surface area contributed by atoms with Crippen LogP contribution in [0.5, 0.6) is 0 Å². The lowest BCUT2D eigenvalue weighted by Crippen LogP contribution is -2.65. The molecule has 1 unspecified atom stereocenters. The number of hydrogen-bond donors (Lipinski definition) is 1. The van der Waals surface area contributed by atoms with Gasteiger partial charge in [0.05, 0.1) is 6.54 Å². The van der Waals surface area contributed by atoms with Gasteiger partial charge in [0, 0.05) is 6.54 Å². The number of alkyl halides is 2. The minimum absolute atomic E-state index is 0.0737. The van der Waals surface area contributed by atoms with E-state index in [1.54, 1.807) is 52.0 Å². The third-order valence-corrected chi connectivity index (χ3v) is 4.55. The van der Waals surface area contributed by atoms with Crippen LogP contribution in [0.15, 0.2) is 43.0 Å². The summed E-state index contributed by atoms with van der Waals surface area (Å²) in [6, 6.07) is 8.86. The average Bonchev–Trinajstić information content (AvgIpc) is 2.68. The van der Waals surface area contributed by atoms with E-state index >= 15 is 0 Å². The second-order valence-corrected chi connectivity index (χ2v) is 7.94. The minimum Gasteiger partial charge on any atom is -0.445 e. The van der Waals surface area contributed by atoms with E-state index in [0.717, 1.165) is 4.90 Å². The molecule has 0 aromatic heterocycles. The van der Waals surface area contributed by atoms with Crippen molar-refractivity contribution in [2.24, 2.45) is 0 Å². The van der Waals surface area contributed by atoms with Gasteiger partial charge in [-0.05, 0) is 45.8 Å². The molecule has 6 nitrogen and oxygen atoms in total. The summed E-state index contributed by atoms with van der Waals surface area (Å²) in [6.07, 6.45) is -1.47. The van der Waals surface area contributed by atoms with Gasteiger partial charge in [-0.2, -0.15) is 8.78 Å². The molecule has 0 heterocycles. The number of ether oxygens (including phenoxy) is 2. The lowest BCUT2D eigenvalue weighted by molar-refractivity contribution is -0.0635. The summed E-state index contributed by atoms with van der Waals surface area (Å²) in [4.78, 5) is 26.0. The molecular formula is C22H32F2N2O4. The predicted octanol–water partition coefficient (Wildman–Crippen LogP) is 5.14. The van der Waals surface area contributed by atoms with E-state index in [4.69, 9.17) is 9.47 Å². The first-order valence-electron chi connectivity index (χ1n) is 9.88. The standard InChI is InChI=1S/C22H32F2N2O4/c1-7-21(22(23,24)8-2,16-26(9-3)19(28)30-20(4,5)6)25-18(27)29-15-17-13-11-10-12-14-17/h8,10-14H,2,7,9,15-16H2,1,3-6H3,(H,25,27). The molecule has 0 radical (unpaired) electrons. The monoisotopic (exact) mass is 426 g/mol. The summed E-state index contributed by atoms with van der Waals surface area (Å²) in [5, 5.41) is 2.29. The zero-order chi connectivity index (χ0) is 23.0. The fourth-order valence-electron chi connectivity index (χ4n) is 2.77. The Bertz CT molecular complexity index is 720. The number of hydrogen-bond acceptors (Lipinski definition) is 4. The molecule has 8 heteroatoms. The van der Waals surface area contributed by atoms with E-state index < -0.39 is 35.8 Å². The van der Waals surface area contributed by atoms with Gasteiger partial charge in [0.1, 0.15) is 17.7 Å². The number of carbonyl (C=O) groups excluding carboxylic acids is 2. The molecule has 1 atom stereocenters. The van der Waals surface area contributed by atoms with Crippen LogP contribution in [0, 0.1) is 0 Å². The summed E-state index contributed by atoms with van der Waals surface area (Å²) in [5.41, 5.74) is -2.19. The van der Waals surface area contributed by atoms with Crippen LogP contribution in [0.4, 0.5) is 18.4 Å². The van der Waals surface area contributed by atoms with Gasteiger partial charge < -0.3 is 19.7 Å². The van der Waals surface area contributed by atoms with Crippen molar-refractivity contribution in [2.75, 3.05) is 13.1 Å². The van der Waals surface area contributed by atoms with Crippen molar-refractivity contribution in [3.05, 3.63) is 48.6 Å². The highest BCUT2D eigenvalue weighted by Gasteiger charge is 2.53. The molecule has 1 aromatic carbocycles. The van der Waals surface area contributed by atoms with E-state index in [0.29, 0.717) is 11.6 Å². The molecule has 0 spiro atoms. The zero-order valence-electron chi connectivity index (χ0n) is 18.3. The number of amides is 2. The van der Waals surface area contributed by atoms with Crippen LogP contribution < -0.4 is 5.32 Å². The van der Waals surface area contributed by atoms with E-state index in [1.165, 1.54) is 6.92 Å². The molecule has 0 aliphatic carbocycles. The summed E-state index contributed by atoms with van der Waals surface area (Å²) in [6.45, 7) is 11.0. The molecule has 0 fully saturated rings. The van der Waals surface area contributed by atoms with Crippen LogP contribution in [0.25, 0.3) is 0 Å². The summed E-state index contributed by atoms with van der Waals surface area (Å²) in [5.74, 6) is -3.51. The van der Waals surface area contributed by atoms with Crippen molar-refractivity contribution in [3.63, 3.8) is 0 Å². The molecule has 0 aliphatic heterocycles. The Hall–Kier alpha value is -2.64. The van der Waals surface area contributed by atoms with Crippen molar-refractivity contribution in [1.82, 2.24) is 10.2 Å². The first kappa shape index (κ1) is 25.4. The van der Waals surface area contributed by atoms with Crippen LogP contribution in [-0.2, 0) is 16.1 Å². The van der Waals surface area contributed by atoms with Gasteiger partial charge in [-0.25, -0.2) is 9.59 Å². The van der Waals surface area contributed by atoms with Crippen LogP contribution in [0.2, 0.25) is 0 Å². The van der Waals surface area contributed by atoms with Gasteiger partial charge >= 0.3 is 12.2 Å². The summed E-state index contributed by atoms with van der Waals surface area (Å²) < 4.78 is 40.3. The first-order valence-corrected chi connectivity index (χ1v) is 9.88. The Balaban J connectivity index is 3.06. The summed E-state index contributed by atoms with van der Waals surface area (Å²) >= 11 is 0. The van der Waals surface area contributed by atoms with Gasteiger partial charge in [0.15, 0.2) is 0 Å². The quantitative estimate of drug-likeness (QED) is 0.555. The maximum Gasteiger partial charge on any atom is 0.410 e.